The summed E-state index contributed by atoms with van der Waals surface area (Å²) in [5, 5.41) is 0. The first-order valence-electron chi connectivity index (χ1n) is 5.25. The number of nitrogens with one attached hydrogen (secondary N) is 1. The lowest BCUT2D eigenvalue weighted by atomic mass is 9.97. The average molecular weight is 222 g/mol. The molecule has 0 fully saturated rings. The van der Waals surface area contributed by atoms with E-state index in [-0.39, 0.29) is 16.9 Å². The van der Waals surface area contributed by atoms with Gasteiger partial charge in [0.1, 0.15) is 5.82 Å². The number of imidazole rings is 1. The Morgan fingerprint density at radius 2 is 2.06 bits per heavy atom. The van der Waals surface area contributed by atoms with E-state index < -0.39 is 0 Å². The maximum Gasteiger partial charge on any atom is 0.326 e. The van der Waals surface area contributed by atoms with Crippen molar-refractivity contribution in [1.82, 2.24) is 9.55 Å². The molecule has 0 saturated heterocycles. The highest BCUT2D eigenvalue weighted by Crippen LogP contribution is 2.19. The standard InChI is InChI=1S/C12H15FN2O/c1-12(2,3)7-15-10-5-4-8(13)6-9(10)14-11(15)16/h4-6H,7H2,1-3H3,(H,14,16). The third kappa shape index (κ3) is 2.01. The van der Waals surface area contributed by atoms with Crippen molar-refractivity contribution < 1.29 is 4.39 Å². The number of rotatable bonds is 1. The predicted octanol–water partition coefficient (Wildman–Crippen LogP) is 2.51. The number of fused-ring (bicyclic) bond motifs is 1. The first kappa shape index (κ1) is 10.9. The van der Waals surface area contributed by atoms with Gasteiger partial charge in [-0.15, -0.1) is 0 Å². The summed E-state index contributed by atoms with van der Waals surface area (Å²) in [6, 6.07) is 4.35. The molecule has 86 valence electrons. The molecule has 0 bridgehead atoms. The fourth-order valence-electron chi connectivity index (χ4n) is 1.77. The lowest BCUT2D eigenvalue weighted by molar-refractivity contribution is 0.344. The van der Waals surface area contributed by atoms with Crippen LogP contribution >= 0.6 is 0 Å². The van der Waals surface area contributed by atoms with Gasteiger partial charge in [-0.05, 0) is 23.6 Å². The molecule has 1 aromatic carbocycles. The number of H-pyrrole nitrogens is 1. The molecule has 0 aliphatic carbocycles. The van der Waals surface area contributed by atoms with E-state index in [1.165, 1.54) is 12.1 Å². The summed E-state index contributed by atoms with van der Waals surface area (Å²) in [5.74, 6) is -0.336. The highest BCUT2D eigenvalue weighted by molar-refractivity contribution is 5.75. The van der Waals surface area contributed by atoms with Crippen LogP contribution in [0, 0.1) is 11.2 Å². The van der Waals surface area contributed by atoms with Crippen molar-refractivity contribution >= 4 is 11.0 Å². The van der Waals surface area contributed by atoms with Crippen LogP contribution in [0.2, 0.25) is 0 Å². The van der Waals surface area contributed by atoms with Gasteiger partial charge in [0.15, 0.2) is 0 Å². The molecule has 1 aromatic heterocycles. The summed E-state index contributed by atoms with van der Waals surface area (Å²) in [4.78, 5) is 14.4. The van der Waals surface area contributed by atoms with Crippen LogP contribution in [0.5, 0.6) is 0 Å². The van der Waals surface area contributed by atoms with Crippen molar-refractivity contribution in [2.75, 3.05) is 0 Å². The van der Waals surface area contributed by atoms with Crippen LogP contribution in [0.25, 0.3) is 11.0 Å². The summed E-state index contributed by atoms with van der Waals surface area (Å²) >= 11 is 0. The van der Waals surface area contributed by atoms with Crippen molar-refractivity contribution in [2.24, 2.45) is 5.41 Å². The molecule has 0 amide bonds. The Kier molecular flexibility index (Phi) is 2.37. The topological polar surface area (TPSA) is 37.8 Å². The molecule has 2 rings (SSSR count). The Morgan fingerprint density at radius 3 is 2.69 bits per heavy atom. The minimum Gasteiger partial charge on any atom is -0.305 e. The van der Waals surface area contributed by atoms with Crippen molar-refractivity contribution in [3.63, 3.8) is 0 Å². The van der Waals surface area contributed by atoms with Crippen LogP contribution in [0.3, 0.4) is 0 Å². The Balaban J connectivity index is 2.61. The van der Waals surface area contributed by atoms with Crippen LogP contribution in [-0.4, -0.2) is 9.55 Å². The first-order valence-corrected chi connectivity index (χ1v) is 5.25. The maximum atomic E-state index is 13.0. The lowest BCUT2D eigenvalue weighted by Gasteiger charge is -2.18. The number of nitrogens with zero attached hydrogens (tertiary/aromatic N) is 1. The van der Waals surface area contributed by atoms with Gasteiger partial charge >= 0.3 is 5.69 Å². The Bertz CT molecular complexity index is 575. The molecule has 1 N–H and O–H groups in total. The second-order valence-corrected chi connectivity index (χ2v) is 5.24. The normalized spacial score (nSPS) is 12.2. The molecule has 0 spiro atoms. The fourth-order valence-corrected chi connectivity index (χ4v) is 1.77. The van der Waals surface area contributed by atoms with Crippen LogP contribution in [0.4, 0.5) is 4.39 Å². The summed E-state index contributed by atoms with van der Waals surface area (Å²) in [6.07, 6.45) is 0. The SMILES string of the molecule is CC(C)(C)Cn1c(=O)[nH]c2cc(F)ccc21. The van der Waals surface area contributed by atoms with Crippen molar-refractivity contribution in [1.29, 1.82) is 0 Å². The van der Waals surface area contributed by atoms with Crippen molar-refractivity contribution in [3.8, 4) is 0 Å². The van der Waals surface area contributed by atoms with Crippen LogP contribution in [-0.2, 0) is 6.54 Å². The number of halogens is 1. The summed E-state index contributed by atoms with van der Waals surface area (Å²) in [5.41, 5.74) is 1.12. The molecule has 4 heteroatoms. The molecule has 0 atom stereocenters. The van der Waals surface area contributed by atoms with E-state index in [1.807, 2.05) is 0 Å². The minimum atomic E-state index is -0.336. The summed E-state index contributed by atoms with van der Waals surface area (Å²) in [6.45, 7) is 6.78. The zero-order chi connectivity index (χ0) is 11.9. The zero-order valence-corrected chi connectivity index (χ0v) is 9.67. The van der Waals surface area contributed by atoms with Gasteiger partial charge in [-0.3, -0.25) is 4.57 Å². The molecule has 0 saturated carbocycles. The number of hydrogen-bond acceptors (Lipinski definition) is 1. The van der Waals surface area contributed by atoms with E-state index in [0.29, 0.717) is 12.1 Å². The summed E-state index contributed by atoms with van der Waals surface area (Å²) in [7, 11) is 0. The van der Waals surface area contributed by atoms with Gasteiger partial charge in [0.2, 0.25) is 0 Å². The van der Waals surface area contributed by atoms with Crippen LogP contribution < -0.4 is 5.69 Å². The smallest absolute Gasteiger partial charge is 0.305 e. The van der Waals surface area contributed by atoms with Gasteiger partial charge in [0.25, 0.3) is 0 Å². The van der Waals surface area contributed by atoms with Gasteiger partial charge in [0.05, 0.1) is 11.0 Å². The van der Waals surface area contributed by atoms with Crippen molar-refractivity contribution in [3.05, 3.63) is 34.5 Å². The molecule has 0 aliphatic heterocycles. The third-order valence-corrected chi connectivity index (χ3v) is 2.37. The third-order valence-electron chi connectivity index (χ3n) is 2.37. The highest BCUT2D eigenvalue weighted by Gasteiger charge is 2.15. The quantitative estimate of drug-likeness (QED) is 0.791. The largest absolute Gasteiger partial charge is 0.326 e. The number of aromatic nitrogens is 2. The van der Waals surface area contributed by atoms with Gasteiger partial charge in [-0.25, -0.2) is 9.18 Å². The van der Waals surface area contributed by atoms with E-state index in [2.05, 4.69) is 25.8 Å². The Labute approximate surface area is 92.9 Å². The maximum absolute atomic E-state index is 13.0. The lowest BCUT2D eigenvalue weighted by Crippen LogP contribution is -2.24. The molecule has 3 nitrogen and oxygen atoms in total. The molecule has 0 unspecified atom stereocenters. The molecular weight excluding hydrogens is 207 g/mol. The first-order chi connectivity index (χ1) is 7.37. The summed E-state index contributed by atoms with van der Waals surface area (Å²) < 4.78 is 14.6. The van der Waals surface area contributed by atoms with Gasteiger partial charge in [0, 0.05) is 6.54 Å². The Hall–Kier alpha value is -1.58. The van der Waals surface area contributed by atoms with E-state index in [9.17, 15) is 9.18 Å². The second-order valence-electron chi connectivity index (χ2n) is 5.24. The Morgan fingerprint density at radius 1 is 1.38 bits per heavy atom. The molecule has 0 aliphatic rings. The van der Waals surface area contributed by atoms with E-state index in [4.69, 9.17) is 0 Å². The van der Waals surface area contributed by atoms with Gasteiger partial charge < -0.3 is 4.98 Å². The number of benzene rings is 1. The van der Waals surface area contributed by atoms with E-state index in [1.54, 1.807) is 10.6 Å². The number of hydrogen-bond donors (Lipinski definition) is 1. The predicted molar refractivity (Wildman–Crippen MR) is 62.0 cm³/mol. The molecule has 0 radical (unpaired) electrons. The zero-order valence-electron chi connectivity index (χ0n) is 9.67. The van der Waals surface area contributed by atoms with Crippen molar-refractivity contribution in [2.45, 2.75) is 27.3 Å². The van der Waals surface area contributed by atoms with E-state index in [0.717, 1.165) is 5.52 Å². The van der Waals surface area contributed by atoms with Crippen LogP contribution in [0.1, 0.15) is 20.8 Å². The average Bonchev–Trinajstić information content (AvgIpc) is 2.40. The van der Waals surface area contributed by atoms with Crippen LogP contribution in [0.15, 0.2) is 23.0 Å². The monoisotopic (exact) mass is 222 g/mol. The fraction of sp³-hybridized carbons (Fsp3) is 0.417. The molecule has 1 heterocycles. The van der Waals surface area contributed by atoms with E-state index >= 15 is 0 Å². The second kappa shape index (κ2) is 3.47. The highest BCUT2D eigenvalue weighted by atomic mass is 19.1. The minimum absolute atomic E-state index is 0.00728. The molecule has 16 heavy (non-hydrogen) atoms. The van der Waals surface area contributed by atoms with Gasteiger partial charge in [-0.2, -0.15) is 0 Å². The molecule has 2 aromatic rings. The number of aromatic amines is 1. The molecular formula is C12H15FN2O. The van der Waals surface area contributed by atoms with Gasteiger partial charge in [-0.1, -0.05) is 20.8 Å².